The molecule has 3 rings (SSSR count). The van der Waals surface area contributed by atoms with Crippen molar-refractivity contribution in [1.82, 2.24) is 4.90 Å². The molecule has 3 amide bonds. The van der Waals surface area contributed by atoms with E-state index in [9.17, 15) is 9.59 Å². The average molecular weight is 471 g/mol. The normalized spacial score (nSPS) is 15.2. The van der Waals surface area contributed by atoms with E-state index in [0.29, 0.717) is 28.7 Å². The van der Waals surface area contributed by atoms with Crippen molar-refractivity contribution in [3.05, 3.63) is 53.6 Å². The highest BCUT2D eigenvalue weighted by Gasteiger charge is 2.24. The Bertz CT molecular complexity index is 948. The van der Waals surface area contributed by atoms with Gasteiger partial charge in [0.2, 0.25) is 5.91 Å². The zero-order valence-corrected chi connectivity index (χ0v) is 20.8. The van der Waals surface area contributed by atoms with Crippen LogP contribution in [-0.2, 0) is 4.79 Å². The second kappa shape index (κ2) is 10.9. The second-order valence-corrected chi connectivity index (χ2v) is 10.5. The first-order chi connectivity index (χ1) is 15.6. The second-order valence-electron chi connectivity index (χ2n) is 10.1. The fourth-order valence-corrected chi connectivity index (χ4v) is 4.56. The minimum Gasteiger partial charge on any atom is -0.368 e. The Hall–Kier alpha value is -2.73. The molecule has 1 fully saturated rings. The van der Waals surface area contributed by atoms with Crippen LogP contribution in [0.5, 0.6) is 0 Å². The van der Waals surface area contributed by atoms with E-state index in [1.807, 2.05) is 29.2 Å². The lowest BCUT2D eigenvalue weighted by molar-refractivity contribution is -0.132. The standard InChI is InChI=1S/C26H35ClN4O2/c1-19(18-26(2,3)4)16-24(32)31-14-12-30(13-15-31)23-10-8-21(9-11-23)28-25(33)29-22-7-5-6-20(27)17-22/h5-11,17,19H,12-16,18H2,1-4H3,(H2,28,29,33)/t19-/m1/s1. The fourth-order valence-electron chi connectivity index (χ4n) is 4.37. The zero-order chi connectivity index (χ0) is 24.0. The first-order valence-electron chi connectivity index (χ1n) is 11.6. The van der Waals surface area contributed by atoms with Gasteiger partial charge in [-0.3, -0.25) is 4.79 Å². The van der Waals surface area contributed by atoms with E-state index in [1.165, 1.54) is 0 Å². The number of halogens is 1. The summed E-state index contributed by atoms with van der Waals surface area (Å²) in [7, 11) is 0. The van der Waals surface area contributed by atoms with Gasteiger partial charge in [0, 0.05) is 54.7 Å². The molecule has 178 valence electrons. The van der Waals surface area contributed by atoms with Gasteiger partial charge in [-0.25, -0.2) is 4.79 Å². The Morgan fingerprint density at radius 1 is 0.970 bits per heavy atom. The Morgan fingerprint density at radius 2 is 1.61 bits per heavy atom. The number of benzene rings is 2. The van der Waals surface area contributed by atoms with E-state index in [-0.39, 0.29) is 17.4 Å². The smallest absolute Gasteiger partial charge is 0.323 e. The van der Waals surface area contributed by atoms with Gasteiger partial charge in [0.1, 0.15) is 0 Å². The molecule has 6 nitrogen and oxygen atoms in total. The Balaban J connectivity index is 1.46. The molecule has 0 radical (unpaired) electrons. The highest BCUT2D eigenvalue weighted by atomic mass is 35.5. The van der Waals surface area contributed by atoms with E-state index in [1.54, 1.807) is 24.3 Å². The third kappa shape index (κ3) is 7.97. The number of nitrogens with one attached hydrogen (secondary N) is 2. The Morgan fingerprint density at radius 3 is 2.21 bits per heavy atom. The highest BCUT2D eigenvalue weighted by molar-refractivity contribution is 6.30. The predicted molar refractivity (Wildman–Crippen MR) is 137 cm³/mol. The molecule has 1 aliphatic heterocycles. The minimum atomic E-state index is -0.321. The number of amides is 3. The number of rotatable bonds is 6. The van der Waals surface area contributed by atoms with E-state index in [2.05, 4.69) is 43.2 Å². The first-order valence-corrected chi connectivity index (χ1v) is 11.9. The van der Waals surface area contributed by atoms with Gasteiger partial charge in [-0.05, 0) is 60.2 Å². The van der Waals surface area contributed by atoms with Crippen LogP contribution in [0.1, 0.15) is 40.5 Å². The van der Waals surface area contributed by atoms with Gasteiger partial charge in [0.15, 0.2) is 0 Å². The molecular formula is C26H35ClN4O2. The molecule has 0 aliphatic carbocycles. The molecule has 2 N–H and O–H groups in total. The van der Waals surface area contributed by atoms with Crippen molar-refractivity contribution in [3.8, 4) is 0 Å². The van der Waals surface area contributed by atoms with E-state index in [0.717, 1.165) is 38.3 Å². The van der Waals surface area contributed by atoms with Gasteiger partial charge < -0.3 is 20.4 Å². The van der Waals surface area contributed by atoms with Crippen LogP contribution < -0.4 is 15.5 Å². The Kier molecular flexibility index (Phi) is 8.25. The Labute approximate surface area is 202 Å². The van der Waals surface area contributed by atoms with Gasteiger partial charge in [0.25, 0.3) is 0 Å². The number of urea groups is 1. The average Bonchev–Trinajstić information content (AvgIpc) is 2.73. The molecule has 7 heteroatoms. The minimum absolute atomic E-state index is 0.245. The quantitative estimate of drug-likeness (QED) is 0.536. The molecular weight excluding hydrogens is 436 g/mol. The van der Waals surface area contributed by atoms with Gasteiger partial charge in [0.05, 0.1) is 0 Å². The summed E-state index contributed by atoms with van der Waals surface area (Å²) in [5.74, 6) is 0.656. The van der Waals surface area contributed by atoms with Crippen molar-refractivity contribution in [3.63, 3.8) is 0 Å². The molecule has 1 saturated heterocycles. The number of nitrogens with zero attached hydrogens (tertiary/aromatic N) is 2. The number of hydrogen-bond acceptors (Lipinski definition) is 3. The molecule has 0 saturated carbocycles. The molecule has 0 spiro atoms. The van der Waals surface area contributed by atoms with Crippen molar-refractivity contribution in [2.24, 2.45) is 11.3 Å². The number of carbonyl (C=O) groups is 2. The monoisotopic (exact) mass is 470 g/mol. The van der Waals surface area contributed by atoms with Crippen LogP contribution >= 0.6 is 11.6 Å². The lowest BCUT2D eigenvalue weighted by Gasteiger charge is -2.37. The summed E-state index contributed by atoms with van der Waals surface area (Å²) in [6, 6.07) is 14.5. The van der Waals surface area contributed by atoms with E-state index < -0.39 is 0 Å². The van der Waals surface area contributed by atoms with Crippen molar-refractivity contribution < 1.29 is 9.59 Å². The van der Waals surface area contributed by atoms with Crippen LogP contribution in [0.4, 0.5) is 21.9 Å². The van der Waals surface area contributed by atoms with Crippen molar-refractivity contribution in [1.29, 1.82) is 0 Å². The molecule has 1 aliphatic rings. The largest absolute Gasteiger partial charge is 0.368 e. The molecule has 0 aromatic heterocycles. The third-order valence-electron chi connectivity index (χ3n) is 5.69. The van der Waals surface area contributed by atoms with Gasteiger partial charge in [-0.15, -0.1) is 0 Å². The predicted octanol–water partition coefficient (Wildman–Crippen LogP) is 6.10. The SMILES string of the molecule is C[C@H](CC(=O)N1CCN(c2ccc(NC(=O)Nc3cccc(Cl)c3)cc2)CC1)CC(C)(C)C. The number of anilines is 3. The first kappa shape index (κ1) is 24.9. The lowest BCUT2D eigenvalue weighted by atomic mass is 9.84. The fraction of sp³-hybridized carbons (Fsp3) is 0.462. The molecule has 0 unspecified atom stereocenters. The summed E-state index contributed by atoms with van der Waals surface area (Å²) < 4.78 is 0. The number of hydrogen-bond donors (Lipinski definition) is 2. The summed E-state index contributed by atoms with van der Waals surface area (Å²) in [6.45, 7) is 11.9. The van der Waals surface area contributed by atoms with Crippen LogP contribution in [0.15, 0.2) is 48.5 Å². The molecule has 2 aromatic carbocycles. The molecule has 1 heterocycles. The van der Waals surface area contributed by atoms with Crippen molar-refractivity contribution >= 4 is 40.6 Å². The summed E-state index contributed by atoms with van der Waals surface area (Å²) in [4.78, 5) is 29.2. The van der Waals surface area contributed by atoms with Crippen LogP contribution in [-0.4, -0.2) is 43.0 Å². The van der Waals surface area contributed by atoms with E-state index in [4.69, 9.17) is 11.6 Å². The van der Waals surface area contributed by atoms with Gasteiger partial charge in [-0.2, -0.15) is 0 Å². The number of piperazine rings is 1. The zero-order valence-electron chi connectivity index (χ0n) is 20.0. The highest BCUT2D eigenvalue weighted by Crippen LogP contribution is 2.27. The van der Waals surface area contributed by atoms with Crippen LogP contribution in [0, 0.1) is 11.3 Å². The number of carbonyl (C=O) groups excluding carboxylic acids is 2. The van der Waals surface area contributed by atoms with Crippen LogP contribution in [0.25, 0.3) is 0 Å². The van der Waals surface area contributed by atoms with Gasteiger partial charge in [-0.1, -0.05) is 45.4 Å². The van der Waals surface area contributed by atoms with Gasteiger partial charge >= 0.3 is 6.03 Å². The van der Waals surface area contributed by atoms with Crippen LogP contribution in [0.3, 0.4) is 0 Å². The summed E-state index contributed by atoms with van der Waals surface area (Å²) in [6.07, 6.45) is 1.67. The molecule has 33 heavy (non-hydrogen) atoms. The maximum absolute atomic E-state index is 12.7. The lowest BCUT2D eigenvalue weighted by Crippen LogP contribution is -2.49. The van der Waals surface area contributed by atoms with Crippen LogP contribution in [0.2, 0.25) is 5.02 Å². The maximum Gasteiger partial charge on any atom is 0.323 e. The summed E-state index contributed by atoms with van der Waals surface area (Å²) in [5.41, 5.74) is 2.68. The summed E-state index contributed by atoms with van der Waals surface area (Å²) >= 11 is 5.95. The van der Waals surface area contributed by atoms with Crippen molar-refractivity contribution in [2.75, 3.05) is 41.7 Å². The molecule has 1 atom stereocenters. The molecule has 0 bridgehead atoms. The van der Waals surface area contributed by atoms with Crippen molar-refractivity contribution in [2.45, 2.75) is 40.5 Å². The summed E-state index contributed by atoms with van der Waals surface area (Å²) in [5, 5.41) is 6.17. The topological polar surface area (TPSA) is 64.7 Å². The van der Waals surface area contributed by atoms with E-state index >= 15 is 0 Å². The molecule has 2 aromatic rings. The third-order valence-corrected chi connectivity index (χ3v) is 5.92. The maximum atomic E-state index is 12.7.